The highest BCUT2D eigenvalue weighted by Gasteiger charge is 2.46. The lowest BCUT2D eigenvalue weighted by Crippen LogP contribution is -2.47. The molecule has 2 aromatic rings. The van der Waals surface area contributed by atoms with Crippen LogP contribution in [-0.2, 0) is 16.1 Å². The average Bonchev–Trinajstić information content (AvgIpc) is 3.43. The second-order valence-electron chi connectivity index (χ2n) is 11.5. The highest BCUT2D eigenvalue weighted by atomic mass is 19.4. The summed E-state index contributed by atoms with van der Waals surface area (Å²) in [4.78, 5) is 30.5. The molecule has 1 N–H and O–H groups in total. The van der Waals surface area contributed by atoms with Crippen molar-refractivity contribution in [1.82, 2.24) is 9.80 Å². The van der Waals surface area contributed by atoms with Gasteiger partial charge in [-0.1, -0.05) is 53.6 Å². The first kappa shape index (κ1) is 31.5. The Morgan fingerprint density at radius 2 is 1.62 bits per heavy atom. The summed E-state index contributed by atoms with van der Waals surface area (Å²) in [6, 6.07) is 12.4. The van der Waals surface area contributed by atoms with Crippen molar-refractivity contribution in [3.63, 3.8) is 0 Å². The summed E-state index contributed by atoms with van der Waals surface area (Å²) >= 11 is 0. The van der Waals surface area contributed by atoms with Crippen LogP contribution < -0.4 is 5.32 Å². The standard InChI is InChI=1S/C33H39F4N3O2/c1-5-27(34)29(21(2)3)32(42)40-19-6-8-26(31(41)38-25-16-10-22(4)11-17-25)30(40)24-14-12-23(13-15-24)20-39-18-7-9-28(39)33(35,36)37/h5,10-17,26,28,30H,6-9,18-20H2,1-4H3,(H,38,41)/b27-5+. The molecule has 2 aromatic carbocycles. The number of nitrogens with one attached hydrogen (secondary N) is 1. The van der Waals surface area contributed by atoms with Crippen molar-refractivity contribution in [2.24, 2.45) is 5.92 Å². The minimum Gasteiger partial charge on any atom is -0.331 e. The predicted molar refractivity (Wildman–Crippen MR) is 156 cm³/mol. The van der Waals surface area contributed by atoms with Gasteiger partial charge in [0.1, 0.15) is 11.9 Å². The van der Waals surface area contributed by atoms with E-state index in [0.29, 0.717) is 54.7 Å². The van der Waals surface area contributed by atoms with Gasteiger partial charge >= 0.3 is 6.18 Å². The van der Waals surface area contributed by atoms with Crippen LogP contribution in [0.3, 0.4) is 0 Å². The van der Waals surface area contributed by atoms with E-state index < -0.39 is 35.9 Å². The van der Waals surface area contributed by atoms with E-state index in [1.807, 2.05) is 31.2 Å². The SMILES string of the molecule is C/C=C(/F)C(C(=O)N1CCCC(C(=O)Nc2ccc(C)cc2)C1c1ccc(CN2CCCC2C(F)(F)F)cc1)=C(C)C. The molecule has 2 aliphatic heterocycles. The van der Waals surface area contributed by atoms with Gasteiger partial charge in [-0.15, -0.1) is 0 Å². The zero-order valence-electron chi connectivity index (χ0n) is 24.6. The topological polar surface area (TPSA) is 52.7 Å². The molecule has 0 saturated carbocycles. The Labute approximate surface area is 245 Å². The van der Waals surface area contributed by atoms with E-state index in [1.165, 1.54) is 17.9 Å². The van der Waals surface area contributed by atoms with Crippen LogP contribution in [-0.4, -0.2) is 46.9 Å². The molecule has 0 bridgehead atoms. The maximum atomic E-state index is 14.9. The van der Waals surface area contributed by atoms with Crippen molar-refractivity contribution in [2.75, 3.05) is 18.4 Å². The van der Waals surface area contributed by atoms with E-state index in [9.17, 15) is 27.2 Å². The first-order valence-corrected chi connectivity index (χ1v) is 14.5. The van der Waals surface area contributed by atoms with E-state index in [4.69, 9.17) is 0 Å². The first-order valence-electron chi connectivity index (χ1n) is 14.5. The first-order chi connectivity index (χ1) is 19.9. The van der Waals surface area contributed by atoms with Gasteiger partial charge in [0, 0.05) is 18.8 Å². The van der Waals surface area contributed by atoms with Crippen molar-refractivity contribution in [3.8, 4) is 0 Å². The Hall–Kier alpha value is -3.46. The zero-order valence-corrected chi connectivity index (χ0v) is 24.6. The normalized spacial score (nSPS) is 21.8. The van der Waals surface area contributed by atoms with Crippen LogP contribution in [0.2, 0.25) is 0 Å². The largest absolute Gasteiger partial charge is 0.404 e. The highest BCUT2D eigenvalue weighted by Crippen LogP contribution is 2.39. The van der Waals surface area contributed by atoms with Crippen molar-refractivity contribution in [2.45, 2.75) is 78.2 Å². The minimum absolute atomic E-state index is 0.0223. The molecule has 2 amide bonds. The Balaban J connectivity index is 1.66. The summed E-state index contributed by atoms with van der Waals surface area (Å²) in [6.45, 7) is 7.71. The summed E-state index contributed by atoms with van der Waals surface area (Å²) in [6.07, 6.45) is -1.36. The second-order valence-corrected chi connectivity index (χ2v) is 11.5. The van der Waals surface area contributed by atoms with Gasteiger partial charge in [0.15, 0.2) is 0 Å². The summed E-state index contributed by atoms with van der Waals surface area (Å²) in [5.41, 5.74) is 3.59. The molecule has 42 heavy (non-hydrogen) atoms. The molecule has 226 valence electrons. The number of allylic oxidation sites excluding steroid dienone is 2. The van der Waals surface area contributed by atoms with E-state index in [-0.39, 0.29) is 24.4 Å². The van der Waals surface area contributed by atoms with Crippen molar-refractivity contribution in [3.05, 3.63) is 88.3 Å². The number of piperidine rings is 1. The lowest BCUT2D eigenvalue weighted by Gasteiger charge is -2.41. The highest BCUT2D eigenvalue weighted by molar-refractivity contribution is 5.99. The number of alkyl halides is 3. The zero-order chi connectivity index (χ0) is 30.6. The number of nitrogens with zero attached hydrogens (tertiary/aromatic N) is 2. The van der Waals surface area contributed by atoms with Crippen LogP contribution in [0.1, 0.15) is 69.2 Å². The third-order valence-electron chi connectivity index (χ3n) is 8.20. The maximum absolute atomic E-state index is 14.9. The molecule has 3 unspecified atom stereocenters. The number of benzene rings is 2. The Morgan fingerprint density at radius 1 is 0.976 bits per heavy atom. The van der Waals surface area contributed by atoms with E-state index in [0.717, 1.165) is 5.56 Å². The number of hydrogen-bond acceptors (Lipinski definition) is 3. The molecule has 2 saturated heterocycles. The average molecular weight is 586 g/mol. The van der Waals surface area contributed by atoms with Gasteiger partial charge in [0.05, 0.1) is 17.5 Å². The molecule has 4 rings (SSSR count). The summed E-state index contributed by atoms with van der Waals surface area (Å²) in [7, 11) is 0. The molecule has 5 nitrogen and oxygen atoms in total. The molecule has 3 atom stereocenters. The number of rotatable bonds is 7. The van der Waals surface area contributed by atoms with Crippen molar-refractivity contribution >= 4 is 17.5 Å². The minimum atomic E-state index is -4.28. The molecule has 2 aliphatic rings. The van der Waals surface area contributed by atoms with Crippen LogP contribution >= 0.6 is 0 Å². The van der Waals surface area contributed by atoms with Gasteiger partial charge in [-0.2, -0.15) is 13.2 Å². The van der Waals surface area contributed by atoms with Crippen molar-refractivity contribution < 1.29 is 27.2 Å². The van der Waals surface area contributed by atoms with Gasteiger partial charge < -0.3 is 10.2 Å². The van der Waals surface area contributed by atoms with E-state index in [2.05, 4.69) is 5.32 Å². The number of likely N-dealkylation sites (tertiary alicyclic amines) is 2. The molecule has 0 aromatic heterocycles. The van der Waals surface area contributed by atoms with Crippen LogP contribution in [0.15, 0.2) is 71.6 Å². The molecule has 2 fully saturated rings. The Bertz CT molecular complexity index is 1330. The summed E-state index contributed by atoms with van der Waals surface area (Å²) in [5.74, 6) is -1.97. The predicted octanol–water partition coefficient (Wildman–Crippen LogP) is 7.65. The fourth-order valence-corrected chi connectivity index (χ4v) is 6.07. The monoisotopic (exact) mass is 585 g/mol. The van der Waals surface area contributed by atoms with E-state index >= 15 is 0 Å². The van der Waals surface area contributed by atoms with Gasteiger partial charge in [-0.3, -0.25) is 14.5 Å². The second kappa shape index (κ2) is 13.2. The van der Waals surface area contributed by atoms with Crippen LogP contribution in [0.5, 0.6) is 0 Å². The van der Waals surface area contributed by atoms with Crippen LogP contribution in [0.25, 0.3) is 0 Å². The fraction of sp³-hybridized carbons (Fsp3) is 0.455. The number of anilines is 1. The summed E-state index contributed by atoms with van der Waals surface area (Å²) in [5, 5.41) is 2.98. The van der Waals surface area contributed by atoms with Crippen molar-refractivity contribution in [1.29, 1.82) is 0 Å². The smallest absolute Gasteiger partial charge is 0.331 e. The van der Waals surface area contributed by atoms with Gasteiger partial charge in [-0.05, 0) is 83.2 Å². The number of amides is 2. The number of carbonyl (C=O) groups excluding carboxylic acids is 2. The number of halogens is 4. The number of carbonyl (C=O) groups is 2. The third kappa shape index (κ3) is 7.12. The molecule has 0 spiro atoms. The van der Waals surface area contributed by atoms with Crippen LogP contribution in [0.4, 0.5) is 23.2 Å². The van der Waals surface area contributed by atoms with Gasteiger partial charge in [0.2, 0.25) is 5.91 Å². The van der Waals surface area contributed by atoms with Gasteiger partial charge in [0.25, 0.3) is 5.91 Å². The molecular formula is C33H39F4N3O2. The molecule has 0 aliphatic carbocycles. The maximum Gasteiger partial charge on any atom is 0.404 e. The molecule has 2 heterocycles. The molecule has 0 radical (unpaired) electrons. The molecular weight excluding hydrogens is 546 g/mol. The number of hydrogen-bond donors (Lipinski definition) is 1. The number of aryl methyl sites for hydroxylation is 1. The molecule has 9 heteroatoms. The van der Waals surface area contributed by atoms with E-state index in [1.54, 1.807) is 43.0 Å². The Morgan fingerprint density at radius 3 is 2.21 bits per heavy atom. The summed E-state index contributed by atoms with van der Waals surface area (Å²) < 4.78 is 55.4. The lowest BCUT2D eigenvalue weighted by molar-refractivity contribution is -0.177. The third-order valence-corrected chi connectivity index (χ3v) is 8.20. The lowest BCUT2D eigenvalue weighted by atomic mass is 9.83. The van der Waals surface area contributed by atoms with Gasteiger partial charge in [-0.25, -0.2) is 4.39 Å². The fourth-order valence-electron chi connectivity index (χ4n) is 6.07. The Kier molecular flexibility index (Phi) is 9.92. The van der Waals surface area contributed by atoms with Crippen LogP contribution in [0, 0.1) is 12.8 Å². The quantitative estimate of drug-likeness (QED) is 0.206.